The molecule has 0 aliphatic heterocycles. The molecule has 2 atom stereocenters. The maximum absolute atomic E-state index is 11.5. The lowest BCUT2D eigenvalue weighted by atomic mass is 10.1. The second-order valence-electron chi connectivity index (χ2n) is 4.38. The van der Waals surface area contributed by atoms with E-state index in [4.69, 9.17) is 0 Å². The van der Waals surface area contributed by atoms with Crippen molar-refractivity contribution < 1.29 is 4.55 Å². The summed E-state index contributed by atoms with van der Waals surface area (Å²) in [6, 6.07) is 0. The highest BCUT2D eigenvalue weighted by Gasteiger charge is 2.25. The van der Waals surface area contributed by atoms with Gasteiger partial charge in [-0.1, -0.05) is 24.7 Å². The monoisotopic (exact) mass is 203 g/mol. The molecule has 2 nitrogen and oxygen atoms in total. The lowest BCUT2D eigenvalue weighted by Gasteiger charge is -2.18. The van der Waals surface area contributed by atoms with Crippen LogP contribution in [0.2, 0.25) is 0 Å². The van der Waals surface area contributed by atoms with E-state index in [0.717, 1.165) is 12.8 Å². The maximum Gasteiger partial charge on any atom is 0.144 e. The van der Waals surface area contributed by atoms with E-state index in [0.29, 0.717) is 5.92 Å². The van der Waals surface area contributed by atoms with Gasteiger partial charge in [-0.3, -0.25) is 0 Å². The van der Waals surface area contributed by atoms with Gasteiger partial charge in [0, 0.05) is 0 Å². The van der Waals surface area contributed by atoms with E-state index in [1.807, 2.05) is 27.0 Å². The van der Waals surface area contributed by atoms with Gasteiger partial charge in [0.05, 0.1) is 6.21 Å². The van der Waals surface area contributed by atoms with Crippen LogP contribution >= 0.6 is 0 Å². The third kappa shape index (κ3) is 6.11. The molecule has 0 saturated carbocycles. The topological polar surface area (TPSA) is 35.4 Å². The molecule has 0 radical (unpaired) electrons. The van der Waals surface area contributed by atoms with Crippen molar-refractivity contribution in [1.82, 2.24) is 0 Å². The van der Waals surface area contributed by atoms with Crippen molar-refractivity contribution in [3.8, 4) is 0 Å². The molecule has 0 aliphatic carbocycles. The minimum Gasteiger partial charge on any atom is -0.591 e. The Morgan fingerprint density at radius 1 is 1.46 bits per heavy atom. The van der Waals surface area contributed by atoms with E-state index >= 15 is 0 Å². The highest BCUT2D eigenvalue weighted by atomic mass is 32.2. The van der Waals surface area contributed by atoms with Crippen molar-refractivity contribution >= 4 is 17.6 Å². The maximum atomic E-state index is 11.5. The fraction of sp³-hybridized carbons (Fsp3) is 0.900. The fourth-order valence-corrected chi connectivity index (χ4v) is 1.48. The predicted octanol–water partition coefficient (Wildman–Crippen LogP) is 2.96. The second-order valence-corrected chi connectivity index (χ2v) is 6.32. The van der Waals surface area contributed by atoms with E-state index in [1.165, 1.54) is 0 Å². The van der Waals surface area contributed by atoms with Crippen LogP contribution in [0.1, 0.15) is 47.5 Å². The first-order chi connectivity index (χ1) is 5.88. The zero-order chi connectivity index (χ0) is 10.5. The number of hydrogen-bond donors (Lipinski definition) is 0. The van der Waals surface area contributed by atoms with Crippen molar-refractivity contribution in [1.29, 1.82) is 0 Å². The summed E-state index contributed by atoms with van der Waals surface area (Å²) >= 11 is -1.09. The van der Waals surface area contributed by atoms with E-state index < -0.39 is 11.4 Å². The lowest BCUT2D eigenvalue weighted by molar-refractivity contribution is 0.561. The first-order valence-electron chi connectivity index (χ1n) is 4.84. The van der Waals surface area contributed by atoms with Crippen LogP contribution in [0.4, 0.5) is 0 Å². The summed E-state index contributed by atoms with van der Waals surface area (Å²) in [4.78, 5) is 0. The van der Waals surface area contributed by atoms with Crippen LogP contribution in [-0.2, 0) is 11.4 Å². The van der Waals surface area contributed by atoms with Gasteiger partial charge < -0.3 is 4.55 Å². The molecule has 13 heavy (non-hydrogen) atoms. The fourth-order valence-electron chi connectivity index (χ4n) is 0.847. The Kier molecular flexibility index (Phi) is 5.65. The molecule has 0 amide bonds. The van der Waals surface area contributed by atoms with E-state index in [9.17, 15) is 4.55 Å². The van der Waals surface area contributed by atoms with Crippen LogP contribution in [0.15, 0.2) is 4.40 Å². The van der Waals surface area contributed by atoms with Gasteiger partial charge in [0.25, 0.3) is 0 Å². The minimum atomic E-state index is -1.09. The number of hydrogen-bond acceptors (Lipinski definition) is 2. The Morgan fingerprint density at radius 2 is 2.00 bits per heavy atom. The van der Waals surface area contributed by atoms with E-state index in [1.54, 1.807) is 0 Å². The lowest BCUT2D eigenvalue weighted by Crippen LogP contribution is -2.26. The van der Waals surface area contributed by atoms with Crippen molar-refractivity contribution in [3.63, 3.8) is 0 Å². The quantitative estimate of drug-likeness (QED) is 0.511. The predicted molar refractivity (Wildman–Crippen MR) is 60.5 cm³/mol. The van der Waals surface area contributed by atoms with E-state index in [-0.39, 0.29) is 4.75 Å². The molecule has 0 aromatic carbocycles. The molecule has 0 aromatic rings. The summed E-state index contributed by atoms with van der Waals surface area (Å²) in [5.41, 5.74) is 0. The Balaban J connectivity index is 3.97. The van der Waals surface area contributed by atoms with Gasteiger partial charge in [0.15, 0.2) is 0 Å². The first kappa shape index (κ1) is 13.0. The van der Waals surface area contributed by atoms with Crippen LogP contribution in [0.3, 0.4) is 0 Å². The van der Waals surface area contributed by atoms with Gasteiger partial charge in [0.2, 0.25) is 0 Å². The zero-order valence-electron chi connectivity index (χ0n) is 9.33. The molecule has 0 N–H and O–H groups in total. The van der Waals surface area contributed by atoms with Gasteiger partial charge in [-0.2, -0.15) is 0 Å². The van der Waals surface area contributed by atoms with Crippen LogP contribution in [0.25, 0.3) is 0 Å². The molecule has 2 unspecified atom stereocenters. The minimum absolute atomic E-state index is 0.234. The molecule has 78 valence electrons. The molecule has 3 heteroatoms. The summed E-state index contributed by atoms with van der Waals surface area (Å²) in [6.45, 7) is 10.1. The highest BCUT2D eigenvalue weighted by Crippen LogP contribution is 2.17. The third-order valence-corrected chi connectivity index (χ3v) is 3.04. The normalized spacial score (nSPS) is 17.7. The first-order valence-corrected chi connectivity index (χ1v) is 5.94. The second kappa shape index (κ2) is 5.66. The van der Waals surface area contributed by atoms with Gasteiger partial charge in [0.1, 0.15) is 16.1 Å². The Morgan fingerprint density at radius 3 is 2.38 bits per heavy atom. The zero-order valence-corrected chi connectivity index (χ0v) is 10.1. The standard InChI is InChI=1S/C10H21NOS/c1-6-7-9(2)8-11-13(12)10(3,4)5/h8-9H,6-7H2,1-5H3. The average molecular weight is 203 g/mol. The molecule has 0 heterocycles. The Hall–Kier alpha value is -0.0200. The number of rotatable bonds is 4. The van der Waals surface area contributed by atoms with Crippen molar-refractivity contribution in [3.05, 3.63) is 0 Å². The molecule has 0 bridgehead atoms. The summed E-state index contributed by atoms with van der Waals surface area (Å²) in [7, 11) is 0. The van der Waals surface area contributed by atoms with Crippen LogP contribution < -0.4 is 0 Å². The average Bonchev–Trinajstić information content (AvgIpc) is 1.99. The van der Waals surface area contributed by atoms with Crippen molar-refractivity contribution in [2.24, 2.45) is 10.3 Å². The van der Waals surface area contributed by atoms with Gasteiger partial charge in [-0.15, -0.1) is 0 Å². The molecular formula is C10H21NOS. The summed E-state index contributed by atoms with van der Waals surface area (Å²) < 4.78 is 15.3. The Labute approximate surface area is 85.1 Å². The molecule has 0 saturated heterocycles. The third-order valence-electron chi connectivity index (χ3n) is 1.68. The largest absolute Gasteiger partial charge is 0.591 e. The summed E-state index contributed by atoms with van der Waals surface area (Å²) in [6.07, 6.45) is 4.09. The van der Waals surface area contributed by atoms with Crippen LogP contribution in [0, 0.1) is 5.92 Å². The molecule has 0 aromatic heterocycles. The molecule has 0 aliphatic rings. The molecule has 0 spiro atoms. The molecular weight excluding hydrogens is 182 g/mol. The van der Waals surface area contributed by atoms with Crippen LogP contribution in [0.5, 0.6) is 0 Å². The SMILES string of the molecule is CCCC(C)C=N[S+]([O-])C(C)(C)C. The number of nitrogens with zero attached hydrogens (tertiary/aromatic N) is 1. The van der Waals surface area contributed by atoms with Crippen LogP contribution in [-0.4, -0.2) is 15.5 Å². The summed E-state index contributed by atoms with van der Waals surface area (Å²) in [5, 5.41) is 0. The van der Waals surface area contributed by atoms with Crippen molar-refractivity contribution in [2.75, 3.05) is 0 Å². The molecule has 0 rings (SSSR count). The van der Waals surface area contributed by atoms with Crippen molar-refractivity contribution in [2.45, 2.75) is 52.2 Å². The highest BCUT2D eigenvalue weighted by molar-refractivity contribution is 7.91. The Bertz CT molecular complexity index is 163. The summed E-state index contributed by atoms with van der Waals surface area (Å²) in [5.74, 6) is 0.441. The smallest absolute Gasteiger partial charge is 0.144 e. The van der Waals surface area contributed by atoms with E-state index in [2.05, 4.69) is 18.2 Å². The molecule has 0 fully saturated rings. The van der Waals surface area contributed by atoms with Gasteiger partial charge in [-0.05, 0) is 33.1 Å². The van der Waals surface area contributed by atoms with Gasteiger partial charge in [-0.25, -0.2) is 0 Å². The van der Waals surface area contributed by atoms with Gasteiger partial charge >= 0.3 is 0 Å².